The molecule has 0 N–H and O–H groups in total. The summed E-state index contributed by atoms with van der Waals surface area (Å²) in [5, 5.41) is 0. The maximum atomic E-state index is 12.5. The third-order valence-corrected chi connectivity index (χ3v) is 3.22. The average molecular weight is 268 g/mol. The van der Waals surface area contributed by atoms with Gasteiger partial charge in [0.25, 0.3) is 0 Å². The molecule has 1 atom stereocenters. The number of aldehydes is 1. The molecule has 0 aliphatic heterocycles. The van der Waals surface area contributed by atoms with Gasteiger partial charge in [-0.1, -0.05) is 30.3 Å². The second-order valence-electron chi connectivity index (χ2n) is 4.46. The van der Waals surface area contributed by atoms with Gasteiger partial charge in [-0.3, -0.25) is 4.79 Å². The van der Waals surface area contributed by atoms with Crippen molar-refractivity contribution in [3.05, 3.63) is 65.7 Å². The van der Waals surface area contributed by atoms with E-state index in [2.05, 4.69) is 0 Å². The van der Waals surface area contributed by atoms with E-state index in [1.165, 1.54) is 0 Å². The van der Waals surface area contributed by atoms with Crippen molar-refractivity contribution >= 4 is 12.1 Å². The van der Waals surface area contributed by atoms with E-state index in [0.29, 0.717) is 11.3 Å². The quantitative estimate of drug-likeness (QED) is 0.596. The molecule has 102 valence electrons. The molecule has 3 heteroatoms. The Morgan fingerprint density at radius 1 is 1.10 bits per heavy atom. The maximum absolute atomic E-state index is 12.5. The molecule has 2 aromatic carbocycles. The van der Waals surface area contributed by atoms with E-state index in [0.717, 1.165) is 11.8 Å². The van der Waals surface area contributed by atoms with Crippen LogP contribution in [-0.2, 0) is 4.79 Å². The highest BCUT2D eigenvalue weighted by Crippen LogP contribution is 2.24. The van der Waals surface area contributed by atoms with Gasteiger partial charge in [-0.25, -0.2) is 0 Å². The van der Waals surface area contributed by atoms with Gasteiger partial charge in [0.2, 0.25) is 0 Å². The summed E-state index contributed by atoms with van der Waals surface area (Å²) in [6, 6.07) is 16.3. The van der Waals surface area contributed by atoms with E-state index < -0.39 is 5.92 Å². The minimum absolute atomic E-state index is 0.0500. The number of benzene rings is 2. The van der Waals surface area contributed by atoms with E-state index in [1.54, 1.807) is 31.4 Å². The lowest BCUT2D eigenvalue weighted by atomic mass is 9.88. The molecule has 0 spiro atoms. The predicted octanol–water partition coefficient (Wildman–Crippen LogP) is 3.25. The molecular weight excluding hydrogens is 252 g/mol. The van der Waals surface area contributed by atoms with Gasteiger partial charge in [-0.15, -0.1) is 0 Å². The topological polar surface area (TPSA) is 43.4 Å². The number of Topliss-reactive ketones (excluding diaryl/α,β-unsaturated/α-hetero) is 1. The molecule has 20 heavy (non-hydrogen) atoms. The SMILES string of the molecule is COc1ccc(C(=O)[C@@H](CC=O)c2ccccc2)cc1. The molecule has 0 radical (unpaired) electrons. The van der Waals surface area contributed by atoms with Gasteiger partial charge in [0.15, 0.2) is 5.78 Å². The van der Waals surface area contributed by atoms with Gasteiger partial charge in [0.05, 0.1) is 13.0 Å². The van der Waals surface area contributed by atoms with Crippen LogP contribution in [0, 0.1) is 0 Å². The molecule has 0 fully saturated rings. The van der Waals surface area contributed by atoms with Crippen molar-refractivity contribution in [1.82, 2.24) is 0 Å². The van der Waals surface area contributed by atoms with E-state index in [-0.39, 0.29) is 12.2 Å². The van der Waals surface area contributed by atoms with E-state index in [4.69, 9.17) is 4.74 Å². The first-order chi connectivity index (χ1) is 9.76. The normalized spacial score (nSPS) is 11.7. The molecule has 3 nitrogen and oxygen atoms in total. The Morgan fingerprint density at radius 3 is 2.30 bits per heavy atom. The Labute approximate surface area is 118 Å². The van der Waals surface area contributed by atoms with Crippen molar-refractivity contribution in [3.8, 4) is 5.75 Å². The predicted molar refractivity (Wildman–Crippen MR) is 77.2 cm³/mol. The first-order valence-electron chi connectivity index (χ1n) is 6.43. The standard InChI is InChI=1S/C17H16O3/c1-20-15-9-7-14(8-10-15)17(19)16(11-12-18)13-5-3-2-4-6-13/h2-10,12,16H,11H2,1H3/t16-/m0/s1. The second kappa shape index (κ2) is 6.66. The fraction of sp³-hybridized carbons (Fsp3) is 0.176. The highest BCUT2D eigenvalue weighted by atomic mass is 16.5. The molecule has 0 amide bonds. The molecule has 0 heterocycles. The Kier molecular flexibility index (Phi) is 4.66. The zero-order valence-electron chi connectivity index (χ0n) is 11.3. The maximum Gasteiger partial charge on any atom is 0.170 e. The van der Waals surface area contributed by atoms with Crippen molar-refractivity contribution in [3.63, 3.8) is 0 Å². The first-order valence-corrected chi connectivity index (χ1v) is 6.43. The number of carbonyl (C=O) groups is 2. The molecule has 2 aromatic rings. The Hall–Kier alpha value is -2.42. The van der Waals surface area contributed by atoms with Crippen molar-refractivity contribution < 1.29 is 14.3 Å². The van der Waals surface area contributed by atoms with E-state index >= 15 is 0 Å². The monoisotopic (exact) mass is 268 g/mol. The molecule has 0 aromatic heterocycles. The molecule has 0 aliphatic rings. The summed E-state index contributed by atoms with van der Waals surface area (Å²) in [4.78, 5) is 23.4. The molecule has 0 bridgehead atoms. The van der Waals surface area contributed by atoms with Gasteiger partial charge in [-0.05, 0) is 29.8 Å². The van der Waals surface area contributed by atoms with Crippen LogP contribution in [0.5, 0.6) is 5.75 Å². The first kappa shape index (κ1) is 14.0. The third-order valence-electron chi connectivity index (χ3n) is 3.22. The largest absolute Gasteiger partial charge is 0.497 e. The van der Waals surface area contributed by atoms with Gasteiger partial charge < -0.3 is 9.53 Å². The fourth-order valence-corrected chi connectivity index (χ4v) is 2.13. The van der Waals surface area contributed by atoms with Gasteiger partial charge >= 0.3 is 0 Å². The zero-order valence-corrected chi connectivity index (χ0v) is 11.3. The smallest absolute Gasteiger partial charge is 0.170 e. The third kappa shape index (κ3) is 3.12. The number of ether oxygens (including phenoxy) is 1. The number of carbonyl (C=O) groups excluding carboxylic acids is 2. The van der Waals surface area contributed by atoms with Gasteiger partial charge in [0.1, 0.15) is 12.0 Å². The van der Waals surface area contributed by atoms with Crippen LogP contribution < -0.4 is 4.74 Å². The second-order valence-corrected chi connectivity index (χ2v) is 4.46. The lowest BCUT2D eigenvalue weighted by molar-refractivity contribution is -0.108. The van der Waals surface area contributed by atoms with Crippen molar-refractivity contribution in [2.75, 3.05) is 7.11 Å². The Balaban J connectivity index is 2.28. The van der Waals surface area contributed by atoms with Crippen molar-refractivity contribution in [1.29, 1.82) is 0 Å². The Bertz CT molecular complexity index is 573. The van der Waals surface area contributed by atoms with Gasteiger partial charge in [0, 0.05) is 12.0 Å². The number of methoxy groups -OCH3 is 1. The summed E-state index contributed by atoms with van der Waals surface area (Å²) in [6.07, 6.45) is 0.980. The molecule has 0 saturated heterocycles. The molecule has 2 rings (SSSR count). The lowest BCUT2D eigenvalue weighted by Crippen LogP contribution is -2.13. The van der Waals surface area contributed by atoms with Crippen LogP contribution in [0.2, 0.25) is 0 Å². The van der Waals surface area contributed by atoms with Gasteiger partial charge in [-0.2, -0.15) is 0 Å². The van der Waals surface area contributed by atoms with Crippen LogP contribution in [-0.4, -0.2) is 19.2 Å². The van der Waals surface area contributed by atoms with Crippen LogP contribution in [0.4, 0.5) is 0 Å². The Morgan fingerprint density at radius 2 is 1.75 bits per heavy atom. The lowest BCUT2D eigenvalue weighted by Gasteiger charge is -2.13. The zero-order chi connectivity index (χ0) is 14.4. The molecule has 0 aliphatic carbocycles. The van der Waals surface area contributed by atoms with Crippen LogP contribution in [0.15, 0.2) is 54.6 Å². The van der Waals surface area contributed by atoms with Crippen LogP contribution in [0.25, 0.3) is 0 Å². The summed E-state index contributed by atoms with van der Waals surface area (Å²) in [7, 11) is 1.58. The number of ketones is 1. The molecular formula is C17H16O3. The summed E-state index contributed by atoms with van der Waals surface area (Å²) < 4.78 is 5.07. The van der Waals surface area contributed by atoms with Crippen LogP contribution in [0.1, 0.15) is 28.3 Å². The van der Waals surface area contributed by atoms with Crippen LogP contribution >= 0.6 is 0 Å². The summed E-state index contributed by atoms with van der Waals surface area (Å²) in [6.45, 7) is 0. The van der Waals surface area contributed by atoms with Crippen LogP contribution in [0.3, 0.4) is 0 Å². The summed E-state index contributed by atoms with van der Waals surface area (Å²) in [5.74, 6) is 0.223. The molecule has 0 unspecified atom stereocenters. The highest BCUT2D eigenvalue weighted by Gasteiger charge is 2.21. The van der Waals surface area contributed by atoms with E-state index in [9.17, 15) is 9.59 Å². The number of hydrogen-bond donors (Lipinski definition) is 0. The van der Waals surface area contributed by atoms with Crippen molar-refractivity contribution in [2.24, 2.45) is 0 Å². The minimum Gasteiger partial charge on any atom is -0.497 e. The van der Waals surface area contributed by atoms with E-state index in [1.807, 2.05) is 30.3 Å². The summed E-state index contributed by atoms with van der Waals surface area (Å²) in [5.41, 5.74) is 1.45. The fourth-order valence-electron chi connectivity index (χ4n) is 2.13. The molecule has 0 saturated carbocycles. The summed E-state index contributed by atoms with van der Waals surface area (Å²) >= 11 is 0. The average Bonchev–Trinajstić information content (AvgIpc) is 2.53. The minimum atomic E-state index is -0.429. The number of hydrogen-bond acceptors (Lipinski definition) is 3. The number of rotatable bonds is 6. The highest BCUT2D eigenvalue weighted by molar-refractivity contribution is 6.02. The van der Waals surface area contributed by atoms with Crippen molar-refractivity contribution in [2.45, 2.75) is 12.3 Å².